The summed E-state index contributed by atoms with van der Waals surface area (Å²) in [5.74, 6) is 0.634. The maximum absolute atomic E-state index is 10.9. The number of hydrogen-bond donors (Lipinski definition) is 0. The maximum atomic E-state index is 10.9. The largest absolute Gasteiger partial charge is 0.496 e. The van der Waals surface area contributed by atoms with Crippen LogP contribution in [0.2, 0.25) is 0 Å². The highest BCUT2D eigenvalue weighted by atomic mass is 16.6. The highest BCUT2D eigenvalue weighted by molar-refractivity contribution is 5.94. The van der Waals surface area contributed by atoms with Crippen molar-refractivity contribution in [3.05, 3.63) is 52.6 Å². The first-order valence-corrected chi connectivity index (χ1v) is 5.88. The number of benzene rings is 2. The van der Waals surface area contributed by atoms with Gasteiger partial charge in [0.15, 0.2) is 5.58 Å². The van der Waals surface area contributed by atoms with Crippen LogP contribution in [0.25, 0.3) is 22.2 Å². The van der Waals surface area contributed by atoms with Crippen molar-refractivity contribution in [2.75, 3.05) is 7.11 Å². The Morgan fingerprint density at radius 1 is 1.25 bits per heavy atom. The third kappa shape index (κ3) is 1.87. The zero-order chi connectivity index (χ0) is 14.1. The molecule has 1 heterocycles. The van der Waals surface area contributed by atoms with Gasteiger partial charge in [0.05, 0.1) is 17.4 Å². The number of nitrogens with zero attached hydrogens (tertiary/aromatic N) is 2. The smallest absolute Gasteiger partial charge is 0.270 e. The van der Waals surface area contributed by atoms with Gasteiger partial charge in [0.1, 0.15) is 11.4 Å². The number of hydrogen-bond acceptors (Lipinski definition) is 5. The molecule has 0 aliphatic carbocycles. The van der Waals surface area contributed by atoms with Crippen LogP contribution in [-0.2, 0) is 0 Å². The standard InChI is InChI=1S/C14H10N2O4/c1-19-12-5-3-2-4-10(12)14-11-8-9(16(17)18)6-7-13(11)20-15-14/h2-8H,1H3. The molecule has 0 spiro atoms. The van der Waals surface area contributed by atoms with Crippen LogP contribution in [0.1, 0.15) is 0 Å². The van der Waals surface area contributed by atoms with Crippen LogP contribution >= 0.6 is 0 Å². The van der Waals surface area contributed by atoms with Crippen LogP contribution < -0.4 is 4.74 Å². The third-order valence-corrected chi connectivity index (χ3v) is 3.03. The van der Waals surface area contributed by atoms with Crippen molar-refractivity contribution >= 4 is 16.7 Å². The van der Waals surface area contributed by atoms with E-state index in [1.54, 1.807) is 19.2 Å². The molecule has 0 aliphatic heterocycles. The number of ether oxygens (including phenoxy) is 1. The number of methoxy groups -OCH3 is 1. The van der Waals surface area contributed by atoms with Crippen molar-refractivity contribution in [2.45, 2.75) is 0 Å². The van der Waals surface area contributed by atoms with Crippen molar-refractivity contribution in [1.29, 1.82) is 0 Å². The quantitative estimate of drug-likeness (QED) is 0.538. The fraction of sp³-hybridized carbons (Fsp3) is 0.0714. The van der Waals surface area contributed by atoms with Gasteiger partial charge in [-0.3, -0.25) is 10.1 Å². The lowest BCUT2D eigenvalue weighted by Gasteiger charge is -2.04. The minimum atomic E-state index is -0.446. The van der Waals surface area contributed by atoms with Gasteiger partial charge in [0.2, 0.25) is 0 Å². The molecule has 0 radical (unpaired) electrons. The van der Waals surface area contributed by atoms with E-state index in [4.69, 9.17) is 9.26 Å². The molecule has 100 valence electrons. The summed E-state index contributed by atoms with van der Waals surface area (Å²) in [6.07, 6.45) is 0. The lowest BCUT2D eigenvalue weighted by atomic mass is 10.1. The number of non-ortho nitro benzene ring substituents is 1. The summed E-state index contributed by atoms with van der Waals surface area (Å²) in [6.45, 7) is 0. The molecule has 0 fully saturated rings. The molecule has 1 aromatic heterocycles. The molecule has 0 aliphatic rings. The highest BCUT2D eigenvalue weighted by Gasteiger charge is 2.17. The van der Waals surface area contributed by atoms with E-state index >= 15 is 0 Å². The normalized spacial score (nSPS) is 10.7. The van der Waals surface area contributed by atoms with Crippen LogP contribution in [0, 0.1) is 10.1 Å². The Kier molecular flexibility index (Phi) is 2.83. The van der Waals surface area contributed by atoms with E-state index in [0.29, 0.717) is 22.4 Å². The maximum Gasteiger partial charge on any atom is 0.270 e. The molecule has 0 bridgehead atoms. The first kappa shape index (κ1) is 12.2. The van der Waals surface area contributed by atoms with Crippen molar-refractivity contribution in [3.8, 4) is 17.0 Å². The predicted molar refractivity (Wildman–Crippen MR) is 72.7 cm³/mol. The molecule has 0 amide bonds. The second kappa shape index (κ2) is 4.65. The molecule has 6 heteroatoms. The minimum Gasteiger partial charge on any atom is -0.496 e. The van der Waals surface area contributed by atoms with E-state index in [9.17, 15) is 10.1 Å². The predicted octanol–water partition coefficient (Wildman–Crippen LogP) is 3.41. The van der Waals surface area contributed by atoms with Crippen LogP contribution in [0.5, 0.6) is 5.75 Å². The monoisotopic (exact) mass is 270 g/mol. The van der Waals surface area contributed by atoms with Gasteiger partial charge in [-0.1, -0.05) is 17.3 Å². The molecule has 0 N–H and O–H groups in total. The Morgan fingerprint density at radius 3 is 2.80 bits per heavy atom. The second-order valence-corrected chi connectivity index (χ2v) is 4.17. The van der Waals surface area contributed by atoms with Crippen molar-refractivity contribution in [2.24, 2.45) is 0 Å². The number of para-hydroxylation sites is 1. The summed E-state index contributed by atoms with van der Waals surface area (Å²) < 4.78 is 10.5. The van der Waals surface area contributed by atoms with Gasteiger partial charge >= 0.3 is 0 Å². The van der Waals surface area contributed by atoms with Gasteiger partial charge in [0, 0.05) is 17.7 Å². The molecule has 3 rings (SSSR count). The van der Waals surface area contributed by atoms with Crippen LogP contribution in [0.15, 0.2) is 47.0 Å². The van der Waals surface area contributed by atoms with E-state index in [2.05, 4.69) is 5.16 Å². The molecule has 0 unspecified atom stereocenters. The second-order valence-electron chi connectivity index (χ2n) is 4.17. The summed E-state index contributed by atoms with van der Waals surface area (Å²) in [7, 11) is 1.56. The number of aromatic nitrogens is 1. The molecule has 0 saturated carbocycles. The Hall–Kier alpha value is -2.89. The van der Waals surface area contributed by atoms with E-state index in [1.807, 2.05) is 18.2 Å². The summed E-state index contributed by atoms with van der Waals surface area (Å²) >= 11 is 0. The minimum absolute atomic E-state index is 0.00292. The summed E-state index contributed by atoms with van der Waals surface area (Å²) in [5.41, 5.74) is 1.75. The Labute approximate surface area is 113 Å². The number of rotatable bonds is 3. The van der Waals surface area contributed by atoms with Crippen molar-refractivity contribution in [3.63, 3.8) is 0 Å². The first-order valence-electron chi connectivity index (χ1n) is 5.88. The molecular formula is C14H10N2O4. The highest BCUT2D eigenvalue weighted by Crippen LogP contribution is 2.35. The number of nitro groups is 1. The molecular weight excluding hydrogens is 260 g/mol. The Bertz CT molecular complexity index is 795. The molecule has 3 aromatic rings. The van der Waals surface area contributed by atoms with Gasteiger partial charge < -0.3 is 9.26 Å². The molecule has 2 aromatic carbocycles. The average molecular weight is 270 g/mol. The SMILES string of the molecule is COc1ccccc1-c1noc2ccc([N+](=O)[O-])cc12. The van der Waals surface area contributed by atoms with E-state index in [0.717, 1.165) is 5.56 Å². The van der Waals surface area contributed by atoms with Gasteiger partial charge in [-0.15, -0.1) is 0 Å². The lowest BCUT2D eigenvalue weighted by Crippen LogP contribution is -1.89. The zero-order valence-corrected chi connectivity index (χ0v) is 10.6. The summed E-state index contributed by atoms with van der Waals surface area (Å²) in [5, 5.41) is 15.5. The molecule has 6 nitrogen and oxygen atoms in total. The third-order valence-electron chi connectivity index (χ3n) is 3.03. The number of nitro benzene ring substituents is 1. The molecule has 0 atom stereocenters. The van der Waals surface area contributed by atoms with Gasteiger partial charge in [-0.2, -0.15) is 0 Å². The Balaban J connectivity index is 2.26. The summed E-state index contributed by atoms with van der Waals surface area (Å²) in [4.78, 5) is 10.4. The number of fused-ring (bicyclic) bond motifs is 1. The van der Waals surface area contributed by atoms with Crippen LogP contribution in [-0.4, -0.2) is 17.2 Å². The first-order chi connectivity index (χ1) is 9.70. The zero-order valence-electron chi connectivity index (χ0n) is 10.6. The van der Waals surface area contributed by atoms with Gasteiger partial charge in [-0.25, -0.2) is 0 Å². The average Bonchev–Trinajstić information content (AvgIpc) is 2.89. The van der Waals surface area contributed by atoms with Crippen molar-refractivity contribution in [1.82, 2.24) is 5.16 Å². The fourth-order valence-electron chi connectivity index (χ4n) is 2.07. The molecule has 0 saturated heterocycles. The van der Waals surface area contributed by atoms with Crippen LogP contribution in [0.3, 0.4) is 0 Å². The van der Waals surface area contributed by atoms with Crippen LogP contribution in [0.4, 0.5) is 5.69 Å². The van der Waals surface area contributed by atoms with E-state index < -0.39 is 4.92 Å². The Morgan fingerprint density at radius 2 is 2.05 bits per heavy atom. The van der Waals surface area contributed by atoms with Gasteiger partial charge in [0.25, 0.3) is 5.69 Å². The van der Waals surface area contributed by atoms with E-state index in [1.165, 1.54) is 12.1 Å². The fourth-order valence-corrected chi connectivity index (χ4v) is 2.07. The van der Waals surface area contributed by atoms with Gasteiger partial charge in [-0.05, 0) is 18.2 Å². The summed E-state index contributed by atoms with van der Waals surface area (Å²) in [6, 6.07) is 11.7. The van der Waals surface area contributed by atoms with Crippen molar-refractivity contribution < 1.29 is 14.2 Å². The topological polar surface area (TPSA) is 78.4 Å². The molecule has 20 heavy (non-hydrogen) atoms. The van der Waals surface area contributed by atoms with E-state index in [-0.39, 0.29) is 5.69 Å². The lowest BCUT2D eigenvalue weighted by molar-refractivity contribution is -0.384.